The first kappa shape index (κ1) is 15.2. The molecule has 0 saturated heterocycles. The van der Waals surface area contributed by atoms with E-state index >= 15 is 0 Å². The minimum Gasteiger partial charge on any atom is -0.493 e. The molecular formula is C15H18BrNO2S. The van der Waals surface area contributed by atoms with E-state index < -0.39 is 0 Å². The number of thiophene rings is 1. The third kappa shape index (κ3) is 3.67. The summed E-state index contributed by atoms with van der Waals surface area (Å²) >= 11 is 5.21. The molecule has 0 radical (unpaired) electrons. The van der Waals surface area contributed by atoms with Crippen LogP contribution in [0.2, 0.25) is 0 Å². The Morgan fingerprint density at radius 3 is 2.70 bits per heavy atom. The number of benzene rings is 1. The van der Waals surface area contributed by atoms with Crippen molar-refractivity contribution in [3.63, 3.8) is 0 Å². The average Bonchev–Trinajstić information content (AvgIpc) is 2.87. The van der Waals surface area contributed by atoms with Crippen molar-refractivity contribution in [2.45, 2.75) is 19.9 Å². The molecule has 3 nitrogen and oxygen atoms in total. The molecule has 2 rings (SSSR count). The van der Waals surface area contributed by atoms with E-state index in [9.17, 15) is 0 Å². The van der Waals surface area contributed by atoms with Gasteiger partial charge >= 0.3 is 0 Å². The zero-order valence-electron chi connectivity index (χ0n) is 11.8. The number of rotatable bonds is 6. The largest absolute Gasteiger partial charge is 0.493 e. The fraction of sp³-hybridized carbons (Fsp3) is 0.333. The number of nitrogens with one attached hydrogen (secondary N) is 1. The van der Waals surface area contributed by atoms with E-state index in [0.717, 1.165) is 21.7 Å². The van der Waals surface area contributed by atoms with Crippen LogP contribution >= 0.6 is 27.3 Å². The second-order valence-corrected chi connectivity index (χ2v) is 6.19. The maximum Gasteiger partial charge on any atom is 0.162 e. The van der Waals surface area contributed by atoms with Crippen LogP contribution in [0, 0.1) is 0 Å². The standard InChI is InChI=1S/C15H18BrNO2S/c1-4-19-13-6-5-12(8-14(13)18-3)17-10(2)15-7-11(16)9-20-15/h5-10,17H,4H2,1-3H3. The lowest BCUT2D eigenvalue weighted by atomic mass is 10.2. The molecule has 0 aliphatic heterocycles. The van der Waals surface area contributed by atoms with Crippen LogP contribution < -0.4 is 14.8 Å². The molecule has 108 valence electrons. The van der Waals surface area contributed by atoms with Gasteiger partial charge in [0, 0.05) is 26.5 Å². The van der Waals surface area contributed by atoms with Crippen molar-refractivity contribution in [2.24, 2.45) is 0 Å². The summed E-state index contributed by atoms with van der Waals surface area (Å²) in [5.41, 5.74) is 1.02. The number of methoxy groups -OCH3 is 1. The number of hydrogen-bond acceptors (Lipinski definition) is 4. The summed E-state index contributed by atoms with van der Waals surface area (Å²) in [6.45, 7) is 4.73. The second-order valence-electron chi connectivity index (χ2n) is 4.33. The molecule has 1 aromatic heterocycles. The maximum absolute atomic E-state index is 5.52. The molecule has 1 unspecified atom stereocenters. The Bertz CT molecular complexity index is 571. The highest BCUT2D eigenvalue weighted by atomic mass is 79.9. The molecule has 0 aliphatic carbocycles. The fourth-order valence-corrected chi connectivity index (χ4v) is 3.36. The van der Waals surface area contributed by atoms with Gasteiger partial charge in [0.1, 0.15) is 0 Å². The molecular weight excluding hydrogens is 338 g/mol. The number of halogens is 1. The summed E-state index contributed by atoms with van der Waals surface area (Å²) in [7, 11) is 1.65. The lowest BCUT2D eigenvalue weighted by Gasteiger charge is -2.16. The minimum atomic E-state index is 0.244. The molecule has 1 heterocycles. The molecule has 1 N–H and O–H groups in total. The van der Waals surface area contributed by atoms with Crippen molar-refractivity contribution in [1.82, 2.24) is 0 Å². The quantitative estimate of drug-likeness (QED) is 0.782. The monoisotopic (exact) mass is 355 g/mol. The van der Waals surface area contributed by atoms with Crippen molar-refractivity contribution in [3.8, 4) is 11.5 Å². The lowest BCUT2D eigenvalue weighted by molar-refractivity contribution is 0.311. The Morgan fingerprint density at radius 2 is 2.10 bits per heavy atom. The van der Waals surface area contributed by atoms with E-state index in [-0.39, 0.29) is 6.04 Å². The van der Waals surface area contributed by atoms with Crippen molar-refractivity contribution in [3.05, 3.63) is 39.0 Å². The van der Waals surface area contributed by atoms with E-state index in [2.05, 4.69) is 39.6 Å². The molecule has 20 heavy (non-hydrogen) atoms. The van der Waals surface area contributed by atoms with Crippen molar-refractivity contribution in [1.29, 1.82) is 0 Å². The number of ether oxygens (including phenoxy) is 2. The first-order chi connectivity index (χ1) is 9.63. The minimum absolute atomic E-state index is 0.244. The predicted octanol–water partition coefficient (Wildman–Crippen LogP) is 5.09. The Kier molecular flexibility index (Phi) is 5.31. The molecule has 5 heteroatoms. The van der Waals surface area contributed by atoms with Crippen LogP contribution in [0.5, 0.6) is 11.5 Å². The second kappa shape index (κ2) is 6.99. The van der Waals surface area contributed by atoms with Gasteiger partial charge in [-0.1, -0.05) is 0 Å². The summed E-state index contributed by atoms with van der Waals surface area (Å²) in [5.74, 6) is 1.52. The van der Waals surface area contributed by atoms with Gasteiger partial charge in [0.2, 0.25) is 0 Å². The summed E-state index contributed by atoms with van der Waals surface area (Å²) in [6.07, 6.45) is 0. The molecule has 1 aromatic carbocycles. The van der Waals surface area contributed by atoms with Crippen LogP contribution in [-0.4, -0.2) is 13.7 Å². The van der Waals surface area contributed by atoms with E-state index in [1.807, 2.05) is 25.1 Å². The molecule has 0 fully saturated rings. The van der Waals surface area contributed by atoms with E-state index in [4.69, 9.17) is 9.47 Å². The van der Waals surface area contributed by atoms with Crippen LogP contribution in [0.3, 0.4) is 0 Å². The van der Waals surface area contributed by atoms with Gasteiger partial charge in [0.05, 0.1) is 19.8 Å². The van der Waals surface area contributed by atoms with Gasteiger partial charge in [-0.25, -0.2) is 0 Å². The van der Waals surface area contributed by atoms with Crippen LogP contribution in [0.1, 0.15) is 24.8 Å². The van der Waals surface area contributed by atoms with Gasteiger partial charge in [-0.3, -0.25) is 0 Å². The van der Waals surface area contributed by atoms with Crippen molar-refractivity contribution in [2.75, 3.05) is 19.0 Å². The zero-order chi connectivity index (χ0) is 14.5. The SMILES string of the molecule is CCOc1ccc(NC(C)c2cc(Br)cs2)cc1OC. The highest BCUT2D eigenvalue weighted by Gasteiger charge is 2.10. The Morgan fingerprint density at radius 1 is 1.30 bits per heavy atom. The van der Waals surface area contributed by atoms with E-state index in [1.54, 1.807) is 18.4 Å². The molecule has 1 atom stereocenters. The van der Waals surface area contributed by atoms with Crippen molar-refractivity contribution < 1.29 is 9.47 Å². The molecule has 0 spiro atoms. The van der Waals surface area contributed by atoms with Crippen molar-refractivity contribution >= 4 is 33.0 Å². The van der Waals surface area contributed by atoms with E-state index in [0.29, 0.717) is 6.61 Å². The Hall–Kier alpha value is -1.20. The van der Waals surface area contributed by atoms with Gasteiger partial charge < -0.3 is 14.8 Å². The number of hydrogen-bond donors (Lipinski definition) is 1. The topological polar surface area (TPSA) is 30.5 Å². The zero-order valence-corrected chi connectivity index (χ0v) is 14.2. The van der Waals surface area contributed by atoms with Gasteiger partial charge in [0.15, 0.2) is 11.5 Å². The summed E-state index contributed by atoms with van der Waals surface area (Å²) < 4.78 is 12.0. The van der Waals surface area contributed by atoms with Crippen LogP contribution in [0.25, 0.3) is 0 Å². The van der Waals surface area contributed by atoms with Gasteiger partial charge in [0.25, 0.3) is 0 Å². The Balaban J connectivity index is 2.13. The molecule has 0 aliphatic rings. The smallest absolute Gasteiger partial charge is 0.162 e. The molecule has 0 saturated carbocycles. The molecule has 0 amide bonds. The van der Waals surface area contributed by atoms with Crippen LogP contribution in [-0.2, 0) is 0 Å². The summed E-state index contributed by atoms with van der Waals surface area (Å²) in [5, 5.41) is 5.56. The molecule has 0 bridgehead atoms. The first-order valence-electron chi connectivity index (χ1n) is 6.45. The highest BCUT2D eigenvalue weighted by Crippen LogP contribution is 2.33. The molecule has 2 aromatic rings. The Labute approximate surface area is 132 Å². The summed E-state index contributed by atoms with van der Waals surface area (Å²) in [6, 6.07) is 8.28. The third-order valence-corrected chi connectivity index (χ3v) is 4.74. The summed E-state index contributed by atoms with van der Waals surface area (Å²) in [4.78, 5) is 1.28. The van der Waals surface area contributed by atoms with Crippen LogP contribution in [0.15, 0.2) is 34.1 Å². The van der Waals surface area contributed by atoms with Gasteiger partial charge in [-0.2, -0.15) is 0 Å². The van der Waals surface area contributed by atoms with Gasteiger partial charge in [-0.05, 0) is 48.0 Å². The maximum atomic E-state index is 5.52. The number of anilines is 1. The lowest BCUT2D eigenvalue weighted by Crippen LogP contribution is -2.05. The predicted molar refractivity (Wildman–Crippen MR) is 88.2 cm³/mol. The first-order valence-corrected chi connectivity index (χ1v) is 8.12. The highest BCUT2D eigenvalue weighted by molar-refractivity contribution is 9.10. The van der Waals surface area contributed by atoms with E-state index in [1.165, 1.54) is 4.88 Å². The normalized spacial score (nSPS) is 12.0. The third-order valence-electron chi connectivity index (χ3n) is 2.86. The van der Waals surface area contributed by atoms with Gasteiger partial charge in [-0.15, -0.1) is 11.3 Å². The fourth-order valence-electron chi connectivity index (χ4n) is 1.91. The average molecular weight is 356 g/mol. The van der Waals surface area contributed by atoms with Crippen LogP contribution in [0.4, 0.5) is 5.69 Å².